The van der Waals surface area contributed by atoms with Crippen molar-refractivity contribution in [2.75, 3.05) is 13.7 Å². The van der Waals surface area contributed by atoms with E-state index in [1.165, 1.54) is 19.2 Å². The third kappa shape index (κ3) is 3.09. The van der Waals surface area contributed by atoms with Crippen LogP contribution >= 0.6 is 0 Å². The van der Waals surface area contributed by atoms with Gasteiger partial charge in [-0.15, -0.1) is 0 Å². The van der Waals surface area contributed by atoms with E-state index in [1.807, 2.05) is 0 Å². The lowest BCUT2D eigenvalue weighted by atomic mass is 9.91. The average Bonchev–Trinajstić information content (AvgIpc) is 3.01. The first-order valence-corrected chi connectivity index (χ1v) is 8.55. The van der Waals surface area contributed by atoms with Crippen LogP contribution in [0, 0.1) is 17.0 Å². The van der Waals surface area contributed by atoms with E-state index >= 15 is 0 Å². The normalized spacial score (nSPS) is 18.1. The van der Waals surface area contributed by atoms with E-state index in [0.717, 1.165) is 0 Å². The number of benzene rings is 1. The fourth-order valence-electron chi connectivity index (χ4n) is 3.51. The molecular formula is C18H21N3O6. The zero-order valence-corrected chi connectivity index (χ0v) is 15.6. The Morgan fingerprint density at radius 3 is 2.67 bits per heavy atom. The number of rotatable bonds is 3. The molecule has 0 unspecified atom stereocenters. The highest BCUT2D eigenvalue weighted by molar-refractivity contribution is 5.93. The summed E-state index contributed by atoms with van der Waals surface area (Å²) in [5.41, 5.74) is 0.494. The molecule has 0 saturated carbocycles. The van der Waals surface area contributed by atoms with Crippen molar-refractivity contribution in [3.63, 3.8) is 0 Å². The van der Waals surface area contributed by atoms with E-state index < -0.39 is 16.6 Å². The lowest BCUT2D eigenvalue weighted by molar-refractivity contribution is -0.385. The number of methoxy groups -OCH3 is 1. The Morgan fingerprint density at radius 1 is 1.41 bits per heavy atom. The van der Waals surface area contributed by atoms with Crippen LogP contribution in [-0.2, 0) is 9.53 Å². The zero-order chi connectivity index (χ0) is 19.9. The second-order valence-electron chi connectivity index (χ2n) is 6.94. The zero-order valence-electron chi connectivity index (χ0n) is 15.6. The van der Waals surface area contributed by atoms with Crippen molar-refractivity contribution in [3.8, 4) is 5.75 Å². The Balaban J connectivity index is 2.32. The molecule has 2 heterocycles. The summed E-state index contributed by atoms with van der Waals surface area (Å²) in [6.07, 6.45) is 0.329. The standard InChI is InChI=1S/C18H21N3O6/c1-10-11(21(24)25)7-8-12-14(10)15(20-9-5-6-13(20)22)16(18(2,3)27-12)19-17(23)26-4/h7-8H,5-6,9H2,1-4H3,(H,19,23). The molecule has 144 valence electrons. The average molecular weight is 375 g/mol. The summed E-state index contributed by atoms with van der Waals surface area (Å²) < 4.78 is 10.7. The van der Waals surface area contributed by atoms with Gasteiger partial charge in [0.05, 0.1) is 29.0 Å². The van der Waals surface area contributed by atoms with E-state index in [0.29, 0.717) is 47.7 Å². The molecule has 9 heteroatoms. The van der Waals surface area contributed by atoms with E-state index in [-0.39, 0.29) is 11.6 Å². The molecule has 0 bridgehead atoms. The molecule has 27 heavy (non-hydrogen) atoms. The third-order valence-corrected chi connectivity index (χ3v) is 4.79. The topological polar surface area (TPSA) is 111 Å². The molecule has 2 aliphatic heterocycles. The van der Waals surface area contributed by atoms with Gasteiger partial charge in [-0.1, -0.05) is 0 Å². The Labute approximate surface area is 156 Å². The van der Waals surface area contributed by atoms with Gasteiger partial charge in [0.25, 0.3) is 5.69 Å². The summed E-state index contributed by atoms with van der Waals surface area (Å²) in [7, 11) is 1.23. The van der Waals surface area contributed by atoms with Crippen LogP contribution in [0.1, 0.15) is 37.8 Å². The van der Waals surface area contributed by atoms with Gasteiger partial charge in [0, 0.05) is 24.6 Å². The quantitative estimate of drug-likeness (QED) is 0.642. The number of hydrogen-bond donors (Lipinski definition) is 1. The lowest BCUT2D eigenvalue weighted by Crippen LogP contribution is -2.46. The Hall–Kier alpha value is -3.10. The van der Waals surface area contributed by atoms with Gasteiger partial charge in [-0.2, -0.15) is 0 Å². The molecule has 1 aromatic carbocycles. The lowest BCUT2D eigenvalue weighted by Gasteiger charge is -2.39. The summed E-state index contributed by atoms with van der Waals surface area (Å²) in [5, 5.41) is 14.1. The number of amides is 2. The highest BCUT2D eigenvalue weighted by Crippen LogP contribution is 2.46. The van der Waals surface area contributed by atoms with Gasteiger partial charge >= 0.3 is 6.09 Å². The summed E-state index contributed by atoms with van der Waals surface area (Å²) in [6.45, 7) is 5.56. The van der Waals surface area contributed by atoms with Crippen LogP contribution in [0.5, 0.6) is 5.75 Å². The predicted molar refractivity (Wildman–Crippen MR) is 95.9 cm³/mol. The van der Waals surface area contributed by atoms with Crippen LogP contribution in [0.2, 0.25) is 0 Å². The van der Waals surface area contributed by atoms with Gasteiger partial charge in [-0.05, 0) is 33.3 Å². The van der Waals surface area contributed by atoms with Gasteiger partial charge in [0.2, 0.25) is 5.91 Å². The molecule has 9 nitrogen and oxygen atoms in total. The largest absolute Gasteiger partial charge is 0.481 e. The number of nitro groups is 1. The highest BCUT2D eigenvalue weighted by atomic mass is 16.6. The van der Waals surface area contributed by atoms with E-state index in [1.54, 1.807) is 25.7 Å². The number of hydrogen-bond acceptors (Lipinski definition) is 6. The number of carbonyl (C=O) groups is 2. The molecule has 2 aliphatic rings. The number of fused-ring (bicyclic) bond motifs is 1. The highest BCUT2D eigenvalue weighted by Gasteiger charge is 2.42. The molecule has 0 aliphatic carbocycles. The Kier molecular flexibility index (Phi) is 4.54. The van der Waals surface area contributed by atoms with Crippen LogP contribution < -0.4 is 10.1 Å². The Bertz CT molecular complexity index is 874. The minimum Gasteiger partial charge on any atom is -0.481 e. The van der Waals surface area contributed by atoms with Gasteiger partial charge < -0.3 is 14.4 Å². The van der Waals surface area contributed by atoms with Crippen LogP contribution in [0.4, 0.5) is 10.5 Å². The maximum Gasteiger partial charge on any atom is 0.411 e. The van der Waals surface area contributed by atoms with Crippen LogP contribution in [0.25, 0.3) is 5.70 Å². The van der Waals surface area contributed by atoms with Crippen molar-refractivity contribution < 1.29 is 24.0 Å². The molecule has 1 fully saturated rings. The second-order valence-corrected chi connectivity index (χ2v) is 6.94. The first kappa shape index (κ1) is 18.7. The monoisotopic (exact) mass is 375 g/mol. The van der Waals surface area contributed by atoms with Gasteiger partial charge in [-0.3, -0.25) is 20.2 Å². The maximum absolute atomic E-state index is 12.5. The summed E-state index contributed by atoms with van der Waals surface area (Å²) in [4.78, 5) is 36.9. The molecule has 1 N–H and O–H groups in total. The van der Waals surface area contributed by atoms with Crippen molar-refractivity contribution in [1.29, 1.82) is 0 Å². The summed E-state index contributed by atoms with van der Waals surface area (Å²) in [5.74, 6) is 0.317. The SMILES string of the molecule is COC(=O)NC1=C(N2CCCC2=O)c2c(ccc([N+](=O)[O-])c2C)OC1(C)C. The van der Waals surface area contributed by atoms with Gasteiger partial charge in [-0.25, -0.2) is 4.79 Å². The summed E-state index contributed by atoms with van der Waals surface area (Å²) >= 11 is 0. The minimum absolute atomic E-state index is 0.0846. The molecule has 0 radical (unpaired) electrons. The number of ether oxygens (including phenoxy) is 2. The second kappa shape index (κ2) is 6.57. The van der Waals surface area contributed by atoms with Crippen molar-refractivity contribution in [2.45, 2.75) is 39.2 Å². The van der Waals surface area contributed by atoms with E-state index in [4.69, 9.17) is 9.47 Å². The van der Waals surface area contributed by atoms with Crippen LogP contribution in [0.15, 0.2) is 17.8 Å². The minimum atomic E-state index is -0.984. The molecule has 1 saturated heterocycles. The van der Waals surface area contributed by atoms with E-state index in [2.05, 4.69) is 5.32 Å². The fraction of sp³-hybridized carbons (Fsp3) is 0.444. The molecule has 1 aromatic rings. The number of nitrogens with one attached hydrogen (secondary N) is 1. The predicted octanol–water partition coefficient (Wildman–Crippen LogP) is 2.72. The van der Waals surface area contributed by atoms with Gasteiger partial charge in [0.15, 0.2) is 0 Å². The smallest absolute Gasteiger partial charge is 0.411 e. The molecule has 2 amide bonds. The van der Waals surface area contributed by atoms with Crippen LogP contribution in [-0.4, -0.2) is 41.1 Å². The Morgan fingerprint density at radius 2 is 2.11 bits per heavy atom. The van der Waals surface area contributed by atoms with Crippen molar-refractivity contribution >= 4 is 23.4 Å². The van der Waals surface area contributed by atoms with Crippen molar-refractivity contribution in [1.82, 2.24) is 10.2 Å². The number of nitro benzene ring substituents is 1. The van der Waals surface area contributed by atoms with Crippen molar-refractivity contribution in [2.24, 2.45) is 0 Å². The first-order valence-electron chi connectivity index (χ1n) is 8.55. The van der Waals surface area contributed by atoms with Crippen molar-refractivity contribution in [3.05, 3.63) is 39.1 Å². The molecule has 0 spiro atoms. The molecule has 0 atom stereocenters. The maximum atomic E-state index is 12.5. The number of carbonyl (C=O) groups excluding carboxylic acids is 2. The number of likely N-dealkylation sites (tertiary alicyclic amines) is 1. The molecular weight excluding hydrogens is 354 g/mol. The van der Waals surface area contributed by atoms with Crippen LogP contribution in [0.3, 0.4) is 0 Å². The summed E-state index contributed by atoms with van der Waals surface area (Å²) in [6, 6.07) is 2.91. The third-order valence-electron chi connectivity index (χ3n) is 4.79. The first-order chi connectivity index (χ1) is 12.7. The fourth-order valence-corrected chi connectivity index (χ4v) is 3.51. The molecule has 3 rings (SSSR count). The molecule has 0 aromatic heterocycles. The van der Waals surface area contributed by atoms with Gasteiger partial charge in [0.1, 0.15) is 11.4 Å². The number of alkyl carbamates (subject to hydrolysis) is 1. The van der Waals surface area contributed by atoms with E-state index in [9.17, 15) is 19.7 Å². The number of nitrogens with zero attached hydrogens (tertiary/aromatic N) is 2.